The van der Waals surface area contributed by atoms with Crippen LogP contribution in [0.25, 0.3) is 5.52 Å². The number of fused-ring (bicyclic) bond motifs is 1. The Labute approximate surface area is 65.5 Å². The van der Waals surface area contributed by atoms with E-state index in [-0.39, 0.29) is 0 Å². The summed E-state index contributed by atoms with van der Waals surface area (Å²) in [5, 5.41) is 0. The van der Waals surface area contributed by atoms with Gasteiger partial charge in [0.15, 0.2) is 0 Å². The molecule has 55 valence electrons. The molecule has 2 aromatic rings. The minimum atomic E-state index is 0.752. The second kappa shape index (κ2) is 2.38. The number of hydrogen-bond acceptors (Lipinski definition) is 1. The SMILES string of the molecule is [CH2]Cc1cc2cccn2cn1. The van der Waals surface area contributed by atoms with Gasteiger partial charge in [0.2, 0.25) is 0 Å². The van der Waals surface area contributed by atoms with Crippen LogP contribution in [0, 0.1) is 6.92 Å². The summed E-state index contributed by atoms with van der Waals surface area (Å²) in [4.78, 5) is 4.20. The molecule has 2 aromatic heterocycles. The van der Waals surface area contributed by atoms with E-state index in [1.54, 1.807) is 0 Å². The van der Waals surface area contributed by atoms with Crippen molar-refractivity contribution in [1.29, 1.82) is 0 Å². The van der Waals surface area contributed by atoms with Crippen LogP contribution in [0.4, 0.5) is 0 Å². The maximum absolute atomic E-state index is 4.20. The highest BCUT2D eigenvalue weighted by atomic mass is 14.9. The molecule has 0 amide bonds. The van der Waals surface area contributed by atoms with Gasteiger partial charge in [-0.15, -0.1) is 0 Å². The first-order valence-electron chi connectivity index (χ1n) is 3.61. The third kappa shape index (κ3) is 1.00. The minimum Gasteiger partial charge on any atom is -0.308 e. The van der Waals surface area contributed by atoms with Gasteiger partial charge in [0.25, 0.3) is 0 Å². The predicted molar refractivity (Wildman–Crippen MR) is 44.3 cm³/mol. The van der Waals surface area contributed by atoms with Crippen molar-refractivity contribution in [2.24, 2.45) is 0 Å². The summed E-state index contributed by atoms with van der Waals surface area (Å²) in [6, 6.07) is 6.11. The van der Waals surface area contributed by atoms with Gasteiger partial charge in [-0.05, 0) is 31.5 Å². The highest BCUT2D eigenvalue weighted by molar-refractivity contribution is 5.47. The zero-order valence-electron chi connectivity index (χ0n) is 6.20. The van der Waals surface area contributed by atoms with Gasteiger partial charge in [-0.2, -0.15) is 0 Å². The van der Waals surface area contributed by atoms with Gasteiger partial charge in [-0.1, -0.05) is 0 Å². The molecular weight excluding hydrogens is 136 g/mol. The van der Waals surface area contributed by atoms with Crippen molar-refractivity contribution < 1.29 is 0 Å². The Hall–Kier alpha value is -1.31. The van der Waals surface area contributed by atoms with Crippen LogP contribution >= 0.6 is 0 Å². The molecule has 0 atom stereocenters. The number of hydrogen-bond donors (Lipinski definition) is 0. The average Bonchev–Trinajstić information content (AvgIpc) is 2.50. The van der Waals surface area contributed by atoms with E-state index in [4.69, 9.17) is 0 Å². The van der Waals surface area contributed by atoms with E-state index in [0.717, 1.165) is 12.1 Å². The van der Waals surface area contributed by atoms with Crippen LogP contribution in [0.15, 0.2) is 30.7 Å². The molecule has 0 aromatic carbocycles. The maximum Gasteiger partial charge on any atom is 0.0993 e. The smallest absolute Gasteiger partial charge is 0.0993 e. The molecule has 2 rings (SSSR count). The largest absolute Gasteiger partial charge is 0.308 e. The minimum absolute atomic E-state index is 0.752. The Bertz CT molecular complexity index is 362. The molecule has 11 heavy (non-hydrogen) atoms. The molecule has 0 aliphatic heterocycles. The summed E-state index contributed by atoms with van der Waals surface area (Å²) >= 11 is 0. The van der Waals surface area contributed by atoms with E-state index in [2.05, 4.69) is 18.0 Å². The summed E-state index contributed by atoms with van der Waals surface area (Å²) in [6.45, 7) is 3.78. The summed E-state index contributed by atoms with van der Waals surface area (Å²) in [5.41, 5.74) is 2.22. The summed E-state index contributed by atoms with van der Waals surface area (Å²) in [7, 11) is 0. The van der Waals surface area contributed by atoms with Gasteiger partial charge in [0.1, 0.15) is 0 Å². The topological polar surface area (TPSA) is 17.3 Å². The molecule has 0 aliphatic rings. The molecule has 1 radical (unpaired) electrons. The van der Waals surface area contributed by atoms with E-state index in [0.29, 0.717) is 0 Å². The summed E-state index contributed by atoms with van der Waals surface area (Å²) < 4.78 is 1.99. The van der Waals surface area contributed by atoms with Crippen molar-refractivity contribution in [1.82, 2.24) is 9.38 Å². The molecule has 0 saturated heterocycles. The molecule has 0 aliphatic carbocycles. The second-order valence-electron chi connectivity index (χ2n) is 2.47. The van der Waals surface area contributed by atoms with Crippen molar-refractivity contribution >= 4 is 5.52 Å². The molecule has 0 bridgehead atoms. The predicted octanol–water partition coefficient (Wildman–Crippen LogP) is 1.71. The van der Waals surface area contributed by atoms with E-state index in [9.17, 15) is 0 Å². The molecule has 0 fully saturated rings. The third-order valence-corrected chi connectivity index (χ3v) is 1.73. The maximum atomic E-state index is 4.20. The van der Waals surface area contributed by atoms with Crippen LogP contribution in [0.5, 0.6) is 0 Å². The van der Waals surface area contributed by atoms with Crippen LogP contribution in [-0.2, 0) is 6.42 Å². The summed E-state index contributed by atoms with van der Waals surface area (Å²) in [5.74, 6) is 0. The van der Waals surface area contributed by atoms with Crippen LogP contribution in [0.2, 0.25) is 0 Å². The number of nitrogens with zero attached hydrogens (tertiary/aromatic N) is 2. The Kier molecular flexibility index (Phi) is 1.39. The molecule has 2 heterocycles. The Morgan fingerprint density at radius 3 is 3.27 bits per heavy atom. The van der Waals surface area contributed by atoms with Crippen LogP contribution in [0.3, 0.4) is 0 Å². The Balaban J connectivity index is 2.67. The van der Waals surface area contributed by atoms with E-state index in [1.165, 1.54) is 5.52 Å². The van der Waals surface area contributed by atoms with Crippen molar-refractivity contribution in [2.75, 3.05) is 0 Å². The highest BCUT2D eigenvalue weighted by Crippen LogP contribution is 2.04. The molecule has 0 N–H and O–H groups in total. The zero-order chi connectivity index (χ0) is 7.68. The first kappa shape index (κ1) is 6.40. The van der Waals surface area contributed by atoms with Gasteiger partial charge in [0.05, 0.1) is 6.33 Å². The molecule has 0 unspecified atom stereocenters. The van der Waals surface area contributed by atoms with Crippen LogP contribution in [0.1, 0.15) is 5.69 Å². The summed E-state index contributed by atoms with van der Waals surface area (Å²) in [6.07, 6.45) is 4.55. The molecule has 0 spiro atoms. The van der Waals surface area contributed by atoms with Crippen LogP contribution in [-0.4, -0.2) is 9.38 Å². The first-order chi connectivity index (χ1) is 5.40. The fourth-order valence-electron chi connectivity index (χ4n) is 1.12. The fraction of sp³-hybridized carbons (Fsp3) is 0.111. The quantitative estimate of drug-likeness (QED) is 0.597. The van der Waals surface area contributed by atoms with Crippen molar-refractivity contribution in [3.05, 3.63) is 43.3 Å². The van der Waals surface area contributed by atoms with E-state index >= 15 is 0 Å². The first-order valence-corrected chi connectivity index (χ1v) is 3.61. The standard InChI is InChI=1S/C9H9N2/c1-2-8-6-9-4-3-5-11(9)7-10-8/h3-7H,1-2H2. The van der Waals surface area contributed by atoms with Gasteiger partial charge in [-0.25, -0.2) is 4.98 Å². The zero-order valence-corrected chi connectivity index (χ0v) is 6.20. The van der Waals surface area contributed by atoms with Crippen molar-refractivity contribution in [2.45, 2.75) is 6.42 Å². The lowest BCUT2D eigenvalue weighted by Gasteiger charge is -1.96. The van der Waals surface area contributed by atoms with Crippen molar-refractivity contribution in [3.8, 4) is 0 Å². The lowest BCUT2D eigenvalue weighted by atomic mass is 10.3. The average molecular weight is 145 g/mol. The van der Waals surface area contributed by atoms with Crippen LogP contribution < -0.4 is 0 Å². The Morgan fingerprint density at radius 2 is 2.45 bits per heavy atom. The lowest BCUT2D eigenvalue weighted by Crippen LogP contribution is -1.90. The van der Waals surface area contributed by atoms with Gasteiger partial charge < -0.3 is 4.40 Å². The molecular formula is C9H9N2. The van der Waals surface area contributed by atoms with Gasteiger partial charge in [0, 0.05) is 17.4 Å². The lowest BCUT2D eigenvalue weighted by molar-refractivity contribution is 1.02. The monoisotopic (exact) mass is 145 g/mol. The number of rotatable bonds is 1. The van der Waals surface area contributed by atoms with Crippen molar-refractivity contribution in [3.63, 3.8) is 0 Å². The van der Waals surface area contributed by atoms with E-state index in [1.807, 2.05) is 29.1 Å². The molecule has 2 heteroatoms. The third-order valence-electron chi connectivity index (χ3n) is 1.73. The highest BCUT2D eigenvalue weighted by Gasteiger charge is 1.93. The molecule has 0 saturated carbocycles. The fourth-order valence-corrected chi connectivity index (χ4v) is 1.12. The second-order valence-corrected chi connectivity index (χ2v) is 2.47. The van der Waals surface area contributed by atoms with E-state index < -0.39 is 0 Å². The van der Waals surface area contributed by atoms with Gasteiger partial charge >= 0.3 is 0 Å². The normalized spacial score (nSPS) is 10.6. The van der Waals surface area contributed by atoms with Gasteiger partial charge in [-0.3, -0.25) is 0 Å². The Morgan fingerprint density at radius 1 is 1.55 bits per heavy atom. The molecule has 2 nitrogen and oxygen atoms in total. The number of aromatic nitrogens is 2.